The first kappa shape index (κ1) is 15.5. The molecule has 1 aromatic carbocycles. The van der Waals surface area contributed by atoms with Gasteiger partial charge in [-0.3, -0.25) is 0 Å². The average molecular weight is 266 g/mol. The lowest BCUT2D eigenvalue weighted by molar-refractivity contribution is 0.0459. The van der Waals surface area contributed by atoms with E-state index in [1.54, 1.807) is 25.1 Å². The van der Waals surface area contributed by atoms with Crippen molar-refractivity contribution >= 4 is 11.7 Å². The molecule has 19 heavy (non-hydrogen) atoms. The lowest BCUT2D eigenvalue weighted by atomic mass is 10.1. The van der Waals surface area contributed by atoms with Gasteiger partial charge in [0.2, 0.25) is 0 Å². The summed E-state index contributed by atoms with van der Waals surface area (Å²) in [6.07, 6.45) is 0. The van der Waals surface area contributed by atoms with Gasteiger partial charge >= 0.3 is 5.97 Å². The largest absolute Gasteiger partial charge is 0.478 e. The van der Waals surface area contributed by atoms with Crippen LogP contribution in [0.3, 0.4) is 0 Å². The molecular formula is C14H22N2O3. The van der Waals surface area contributed by atoms with E-state index in [0.29, 0.717) is 13.1 Å². The van der Waals surface area contributed by atoms with Crippen LogP contribution in [0.1, 0.15) is 22.8 Å². The van der Waals surface area contributed by atoms with Crippen molar-refractivity contribution in [2.24, 2.45) is 0 Å². The molecule has 0 fully saturated rings. The number of rotatable bonds is 6. The molecule has 0 aliphatic carbocycles. The fourth-order valence-electron chi connectivity index (χ4n) is 2.02. The van der Waals surface area contributed by atoms with Gasteiger partial charge in [0.1, 0.15) is 0 Å². The summed E-state index contributed by atoms with van der Waals surface area (Å²) >= 11 is 0. The highest BCUT2D eigenvalue weighted by Gasteiger charge is 2.21. The van der Waals surface area contributed by atoms with Gasteiger partial charge in [0.25, 0.3) is 0 Å². The van der Waals surface area contributed by atoms with Gasteiger partial charge in [0.05, 0.1) is 11.2 Å². The van der Waals surface area contributed by atoms with E-state index in [-0.39, 0.29) is 5.56 Å². The Hall–Kier alpha value is -1.59. The predicted octanol–water partition coefficient (Wildman–Crippen LogP) is 1.42. The quantitative estimate of drug-likeness (QED) is 0.726. The number of aliphatic hydroxyl groups is 1. The summed E-state index contributed by atoms with van der Waals surface area (Å²) in [6, 6.07) is 4.90. The standard InChI is InChI=1S/C14H22N2O3/c1-10-7-11(13(17)18)5-6-12(10)15-8-14(2,19)9-16(3)4/h5-7,15,19H,8-9H2,1-4H3,(H,17,18). The van der Waals surface area contributed by atoms with Crippen LogP contribution in [0.2, 0.25) is 0 Å². The van der Waals surface area contributed by atoms with Crippen molar-refractivity contribution < 1.29 is 15.0 Å². The molecule has 0 radical (unpaired) electrons. The minimum absolute atomic E-state index is 0.267. The predicted molar refractivity (Wildman–Crippen MR) is 75.8 cm³/mol. The normalized spacial score (nSPS) is 14.2. The second-order valence-corrected chi connectivity index (χ2v) is 5.42. The number of anilines is 1. The molecule has 0 amide bonds. The molecule has 0 aromatic heterocycles. The highest BCUT2D eigenvalue weighted by atomic mass is 16.4. The second kappa shape index (κ2) is 6.04. The Labute approximate surface area is 113 Å². The molecule has 0 saturated carbocycles. The Balaban J connectivity index is 2.71. The van der Waals surface area contributed by atoms with Crippen molar-refractivity contribution in [1.29, 1.82) is 0 Å². The molecule has 1 unspecified atom stereocenters. The van der Waals surface area contributed by atoms with Crippen LogP contribution in [0.5, 0.6) is 0 Å². The smallest absolute Gasteiger partial charge is 0.335 e. The molecule has 106 valence electrons. The number of hydrogen-bond acceptors (Lipinski definition) is 4. The zero-order chi connectivity index (χ0) is 14.6. The maximum atomic E-state index is 10.8. The summed E-state index contributed by atoms with van der Waals surface area (Å²) in [4.78, 5) is 12.8. The molecule has 5 nitrogen and oxygen atoms in total. The van der Waals surface area contributed by atoms with E-state index < -0.39 is 11.6 Å². The molecule has 1 aromatic rings. The molecule has 0 saturated heterocycles. The average Bonchev–Trinajstić information content (AvgIpc) is 2.25. The van der Waals surface area contributed by atoms with Crippen LogP contribution in [0.15, 0.2) is 18.2 Å². The van der Waals surface area contributed by atoms with E-state index in [9.17, 15) is 9.90 Å². The number of benzene rings is 1. The lowest BCUT2D eigenvalue weighted by Crippen LogP contribution is -2.43. The monoisotopic (exact) mass is 266 g/mol. The Kier molecular flexibility index (Phi) is 4.91. The maximum absolute atomic E-state index is 10.8. The van der Waals surface area contributed by atoms with Crippen molar-refractivity contribution in [3.63, 3.8) is 0 Å². The number of aryl methyl sites for hydroxylation is 1. The summed E-state index contributed by atoms with van der Waals surface area (Å²) in [6.45, 7) is 4.56. The van der Waals surface area contributed by atoms with Crippen molar-refractivity contribution in [1.82, 2.24) is 4.90 Å². The molecule has 1 atom stereocenters. The van der Waals surface area contributed by atoms with Gasteiger partial charge in [0, 0.05) is 18.8 Å². The van der Waals surface area contributed by atoms with Gasteiger partial charge < -0.3 is 20.4 Å². The van der Waals surface area contributed by atoms with Crippen LogP contribution in [0.25, 0.3) is 0 Å². The lowest BCUT2D eigenvalue weighted by Gasteiger charge is -2.28. The SMILES string of the molecule is Cc1cc(C(=O)O)ccc1NCC(C)(O)CN(C)C. The molecule has 0 bridgehead atoms. The summed E-state index contributed by atoms with van der Waals surface area (Å²) in [5.41, 5.74) is 1.11. The van der Waals surface area contributed by atoms with Gasteiger partial charge in [-0.05, 0) is 51.7 Å². The van der Waals surface area contributed by atoms with Crippen LogP contribution < -0.4 is 5.32 Å². The van der Waals surface area contributed by atoms with Gasteiger partial charge in [0.15, 0.2) is 0 Å². The summed E-state index contributed by atoms with van der Waals surface area (Å²) in [7, 11) is 3.81. The minimum Gasteiger partial charge on any atom is -0.478 e. The van der Waals surface area contributed by atoms with Crippen molar-refractivity contribution in [3.8, 4) is 0 Å². The van der Waals surface area contributed by atoms with E-state index >= 15 is 0 Å². The molecule has 0 aliphatic heterocycles. The summed E-state index contributed by atoms with van der Waals surface area (Å²) in [5.74, 6) is -0.936. The van der Waals surface area contributed by atoms with Crippen molar-refractivity contribution in [2.75, 3.05) is 32.5 Å². The summed E-state index contributed by atoms with van der Waals surface area (Å²) < 4.78 is 0. The molecule has 3 N–H and O–H groups in total. The summed E-state index contributed by atoms with van der Waals surface area (Å²) in [5, 5.41) is 22.2. The fraction of sp³-hybridized carbons (Fsp3) is 0.500. The molecular weight excluding hydrogens is 244 g/mol. The maximum Gasteiger partial charge on any atom is 0.335 e. The molecule has 1 rings (SSSR count). The highest BCUT2D eigenvalue weighted by molar-refractivity contribution is 5.88. The molecule has 0 spiro atoms. The van der Waals surface area contributed by atoms with Crippen molar-refractivity contribution in [3.05, 3.63) is 29.3 Å². The number of likely N-dealkylation sites (N-methyl/N-ethyl adjacent to an activating group) is 1. The van der Waals surface area contributed by atoms with Crippen molar-refractivity contribution in [2.45, 2.75) is 19.4 Å². The van der Waals surface area contributed by atoms with Crippen LogP contribution in [-0.4, -0.2) is 53.9 Å². The molecule has 0 heterocycles. The Morgan fingerprint density at radius 2 is 2.05 bits per heavy atom. The fourth-order valence-corrected chi connectivity index (χ4v) is 2.02. The highest BCUT2D eigenvalue weighted by Crippen LogP contribution is 2.18. The number of aromatic carboxylic acids is 1. The van der Waals surface area contributed by atoms with E-state index in [0.717, 1.165) is 11.3 Å². The zero-order valence-electron chi connectivity index (χ0n) is 11.9. The number of carboxylic acids is 1. The van der Waals surface area contributed by atoms with Crippen LogP contribution >= 0.6 is 0 Å². The topological polar surface area (TPSA) is 72.8 Å². The molecule has 5 heteroatoms. The molecule has 0 aliphatic rings. The first-order chi connectivity index (χ1) is 8.71. The number of hydrogen-bond donors (Lipinski definition) is 3. The third-order valence-corrected chi connectivity index (χ3v) is 2.79. The van der Waals surface area contributed by atoms with E-state index in [1.165, 1.54) is 0 Å². The van der Waals surface area contributed by atoms with Crippen LogP contribution in [-0.2, 0) is 0 Å². The van der Waals surface area contributed by atoms with Gasteiger partial charge in [-0.2, -0.15) is 0 Å². The zero-order valence-corrected chi connectivity index (χ0v) is 11.9. The Morgan fingerprint density at radius 1 is 1.42 bits per heavy atom. The number of nitrogens with zero attached hydrogens (tertiary/aromatic N) is 1. The van der Waals surface area contributed by atoms with Gasteiger partial charge in [-0.15, -0.1) is 0 Å². The second-order valence-electron chi connectivity index (χ2n) is 5.42. The van der Waals surface area contributed by atoms with E-state index in [2.05, 4.69) is 5.32 Å². The number of carboxylic acid groups (broad SMARTS) is 1. The Bertz CT molecular complexity index is 456. The minimum atomic E-state index is -0.936. The third kappa shape index (κ3) is 4.89. The first-order valence-electron chi connectivity index (χ1n) is 6.16. The number of nitrogens with one attached hydrogen (secondary N) is 1. The van der Waals surface area contributed by atoms with Crippen LogP contribution in [0.4, 0.5) is 5.69 Å². The Morgan fingerprint density at radius 3 is 2.53 bits per heavy atom. The third-order valence-electron chi connectivity index (χ3n) is 2.79. The van der Waals surface area contributed by atoms with Crippen LogP contribution in [0, 0.1) is 6.92 Å². The number of carbonyl (C=O) groups is 1. The first-order valence-corrected chi connectivity index (χ1v) is 6.16. The van der Waals surface area contributed by atoms with Gasteiger partial charge in [-0.1, -0.05) is 0 Å². The van der Waals surface area contributed by atoms with Gasteiger partial charge in [-0.25, -0.2) is 4.79 Å². The van der Waals surface area contributed by atoms with E-state index in [4.69, 9.17) is 5.11 Å². The van der Waals surface area contributed by atoms with E-state index in [1.807, 2.05) is 25.9 Å².